The lowest BCUT2D eigenvalue weighted by Crippen LogP contribution is -2.08. The standard InChI is InChI=1S/C11H12N6/c1-7-3-9-11(13-4-7)16-10(15-9)8(2)17-6-12-5-14-17/h3-6,8H,1-2H3,(H,13,15,16). The molecule has 17 heavy (non-hydrogen) atoms. The van der Waals surface area contributed by atoms with Gasteiger partial charge < -0.3 is 4.98 Å². The van der Waals surface area contributed by atoms with Crippen molar-refractivity contribution >= 4 is 11.2 Å². The van der Waals surface area contributed by atoms with Crippen LogP contribution in [-0.2, 0) is 0 Å². The summed E-state index contributed by atoms with van der Waals surface area (Å²) in [5, 5.41) is 4.11. The zero-order chi connectivity index (χ0) is 11.8. The van der Waals surface area contributed by atoms with Crippen molar-refractivity contribution in [1.29, 1.82) is 0 Å². The predicted octanol–water partition coefficient (Wildman–Crippen LogP) is 1.47. The molecule has 0 saturated heterocycles. The molecule has 0 aliphatic carbocycles. The second-order valence-corrected chi connectivity index (χ2v) is 4.06. The van der Waals surface area contributed by atoms with Gasteiger partial charge in [-0.05, 0) is 25.5 Å². The molecule has 6 nitrogen and oxygen atoms in total. The van der Waals surface area contributed by atoms with Crippen molar-refractivity contribution in [1.82, 2.24) is 29.7 Å². The van der Waals surface area contributed by atoms with Gasteiger partial charge in [-0.15, -0.1) is 0 Å². The van der Waals surface area contributed by atoms with Gasteiger partial charge >= 0.3 is 0 Å². The van der Waals surface area contributed by atoms with E-state index in [4.69, 9.17) is 0 Å². The number of imidazole rings is 1. The van der Waals surface area contributed by atoms with Crippen LogP contribution in [0.5, 0.6) is 0 Å². The molecule has 86 valence electrons. The number of fused-ring (bicyclic) bond motifs is 1. The maximum atomic E-state index is 4.45. The van der Waals surface area contributed by atoms with Crippen LogP contribution in [0.3, 0.4) is 0 Å². The number of aryl methyl sites for hydroxylation is 1. The monoisotopic (exact) mass is 228 g/mol. The number of hydrogen-bond acceptors (Lipinski definition) is 4. The van der Waals surface area contributed by atoms with E-state index in [9.17, 15) is 0 Å². The molecule has 1 unspecified atom stereocenters. The van der Waals surface area contributed by atoms with Crippen LogP contribution in [0.15, 0.2) is 24.9 Å². The molecule has 3 aromatic heterocycles. The highest BCUT2D eigenvalue weighted by Gasteiger charge is 2.13. The largest absolute Gasteiger partial charge is 0.339 e. The zero-order valence-electron chi connectivity index (χ0n) is 9.62. The number of nitrogens with zero attached hydrogens (tertiary/aromatic N) is 5. The van der Waals surface area contributed by atoms with Gasteiger partial charge in [-0.3, -0.25) is 0 Å². The van der Waals surface area contributed by atoms with Crippen LogP contribution in [0.25, 0.3) is 11.2 Å². The fourth-order valence-electron chi connectivity index (χ4n) is 1.76. The Morgan fingerprint density at radius 1 is 1.41 bits per heavy atom. The summed E-state index contributed by atoms with van der Waals surface area (Å²) in [5.41, 5.74) is 2.80. The molecule has 3 aromatic rings. The Bertz CT molecular complexity index is 639. The first-order valence-electron chi connectivity index (χ1n) is 5.40. The number of pyridine rings is 1. The average molecular weight is 228 g/mol. The summed E-state index contributed by atoms with van der Waals surface area (Å²) in [5.74, 6) is 0.837. The van der Waals surface area contributed by atoms with Crippen molar-refractivity contribution in [2.24, 2.45) is 0 Å². The smallest absolute Gasteiger partial charge is 0.177 e. The lowest BCUT2D eigenvalue weighted by Gasteiger charge is -2.06. The van der Waals surface area contributed by atoms with E-state index >= 15 is 0 Å². The summed E-state index contributed by atoms with van der Waals surface area (Å²) in [6.07, 6.45) is 5.01. The third kappa shape index (κ3) is 1.67. The van der Waals surface area contributed by atoms with Gasteiger partial charge in [0.1, 0.15) is 24.5 Å². The molecular weight excluding hydrogens is 216 g/mol. The minimum Gasteiger partial charge on any atom is -0.339 e. The van der Waals surface area contributed by atoms with Gasteiger partial charge in [0.05, 0.1) is 5.52 Å². The molecule has 0 amide bonds. The molecule has 1 atom stereocenters. The third-order valence-electron chi connectivity index (χ3n) is 2.72. The van der Waals surface area contributed by atoms with Crippen LogP contribution < -0.4 is 0 Å². The van der Waals surface area contributed by atoms with Crippen molar-refractivity contribution in [2.75, 3.05) is 0 Å². The van der Waals surface area contributed by atoms with Gasteiger partial charge in [-0.2, -0.15) is 5.10 Å². The van der Waals surface area contributed by atoms with E-state index in [1.165, 1.54) is 6.33 Å². The second-order valence-electron chi connectivity index (χ2n) is 4.06. The molecule has 0 saturated carbocycles. The average Bonchev–Trinajstić information content (AvgIpc) is 2.96. The number of hydrogen-bond donors (Lipinski definition) is 1. The van der Waals surface area contributed by atoms with Gasteiger partial charge in [0, 0.05) is 6.20 Å². The first-order valence-corrected chi connectivity index (χ1v) is 5.40. The number of aromatic amines is 1. The summed E-state index contributed by atoms with van der Waals surface area (Å²) in [6, 6.07) is 2.05. The number of nitrogens with one attached hydrogen (secondary N) is 1. The third-order valence-corrected chi connectivity index (χ3v) is 2.72. The van der Waals surface area contributed by atoms with E-state index in [2.05, 4.69) is 25.0 Å². The van der Waals surface area contributed by atoms with Crippen LogP contribution in [-0.4, -0.2) is 29.7 Å². The Labute approximate surface area is 97.7 Å². The fraction of sp³-hybridized carbons (Fsp3) is 0.273. The second kappa shape index (κ2) is 3.65. The summed E-state index contributed by atoms with van der Waals surface area (Å²) < 4.78 is 1.75. The summed E-state index contributed by atoms with van der Waals surface area (Å²) in [6.45, 7) is 4.02. The minimum absolute atomic E-state index is 0.0204. The number of H-pyrrole nitrogens is 1. The topological polar surface area (TPSA) is 72.3 Å². The van der Waals surface area contributed by atoms with Crippen molar-refractivity contribution in [3.05, 3.63) is 36.3 Å². The minimum atomic E-state index is 0.0204. The molecule has 0 aliphatic heterocycles. The van der Waals surface area contributed by atoms with Gasteiger partial charge in [-0.1, -0.05) is 0 Å². The SMILES string of the molecule is Cc1cnc2nc(C(C)n3cncn3)[nH]c2c1. The van der Waals surface area contributed by atoms with Crippen LogP contribution in [0, 0.1) is 6.92 Å². The summed E-state index contributed by atoms with van der Waals surface area (Å²) in [7, 11) is 0. The molecule has 3 heterocycles. The van der Waals surface area contributed by atoms with Crippen LogP contribution in [0.1, 0.15) is 24.4 Å². The Balaban J connectivity index is 2.06. The summed E-state index contributed by atoms with van der Waals surface area (Å²) >= 11 is 0. The first-order chi connectivity index (χ1) is 8.24. The van der Waals surface area contributed by atoms with E-state index in [1.807, 2.05) is 26.1 Å². The molecular formula is C11H12N6. The van der Waals surface area contributed by atoms with E-state index < -0.39 is 0 Å². The molecule has 0 radical (unpaired) electrons. The Morgan fingerprint density at radius 2 is 2.29 bits per heavy atom. The van der Waals surface area contributed by atoms with Gasteiger partial charge in [0.2, 0.25) is 0 Å². The maximum absolute atomic E-state index is 4.45. The molecule has 3 rings (SSSR count). The van der Waals surface area contributed by atoms with E-state index in [-0.39, 0.29) is 6.04 Å². The van der Waals surface area contributed by atoms with Gasteiger partial charge in [0.25, 0.3) is 0 Å². The number of aromatic nitrogens is 6. The first kappa shape index (κ1) is 9.95. The van der Waals surface area contributed by atoms with Crippen LogP contribution in [0.4, 0.5) is 0 Å². The van der Waals surface area contributed by atoms with E-state index in [0.29, 0.717) is 0 Å². The Morgan fingerprint density at radius 3 is 3.06 bits per heavy atom. The molecule has 0 bridgehead atoms. The van der Waals surface area contributed by atoms with Crippen molar-refractivity contribution in [2.45, 2.75) is 19.9 Å². The molecule has 1 N–H and O–H groups in total. The molecule has 0 spiro atoms. The Kier molecular flexibility index (Phi) is 2.14. The lowest BCUT2D eigenvalue weighted by molar-refractivity contribution is 0.540. The molecule has 0 aromatic carbocycles. The van der Waals surface area contributed by atoms with Crippen LogP contribution >= 0.6 is 0 Å². The van der Waals surface area contributed by atoms with Crippen LogP contribution in [0.2, 0.25) is 0 Å². The maximum Gasteiger partial charge on any atom is 0.177 e. The van der Waals surface area contributed by atoms with Gasteiger partial charge in [0.15, 0.2) is 5.65 Å². The van der Waals surface area contributed by atoms with Crippen molar-refractivity contribution < 1.29 is 0 Å². The number of rotatable bonds is 2. The highest BCUT2D eigenvalue weighted by Crippen LogP contribution is 2.17. The van der Waals surface area contributed by atoms with Crippen molar-refractivity contribution in [3.8, 4) is 0 Å². The highest BCUT2D eigenvalue weighted by molar-refractivity contribution is 5.71. The van der Waals surface area contributed by atoms with Gasteiger partial charge in [-0.25, -0.2) is 19.6 Å². The Hall–Kier alpha value is -2.24. The van der Waals surface area contributed by atoms with E-state index in [0.717, 1.165) is 22.6 Å². The van der Waals surface area contributed by atoms with E-state index in [1.54, 1.807) is 11.0 Å². The lowest BCUT2D eigenvalue weighted by atomic mass is 10.3. The summed E-state index contributed by atoms with van der Waals surface area (Å²) in [4.78, 5) is 15.9. The zero-order valence-corrected chi connectivity index (χ0v) is 9.62. The molecule has 0 aliphatic rings. The molecule has 0 fully saturated rings. The predicted molar refractivity (Wildman–Crippen MR) is 62.5 cm³/mol. The van der Waals surface area contributed by atoms with Crippen molar-refractivity contribution in [3.63, 3.8) is 0 Å². The highest BCUT2D eigenvalue weighted by atomic mass is 15.3. The normalized spacial score (nSPS) is 13.1. The molecule has 6 heteroatoms. The fourth-order valence-corrected chi connectivity index (χ4v) is 1.76. The quantitative estimate of drug-likeness (QED) is 0.720.